The van der Waals surface area contributed by atoms with Gasteiger partial charge in [-0.3, -0.25) is 9.59 Å². The van der Waals surface area contributed by atoms with Crippen molar-refractivity contribution in [1.82, 2.24) is 5.32 Å². The molecule has 1 amide bonds. The molecule has 3 atom stereocenters. The molecule has 0 spiro atoms. The molecule has 0 heterocycles. The second-order valence-electron chi connectivity index (χ2n) is 17.9. The van der Waals surface area contributed by atoms with Crippen molar-refractivity contribution in [2.75, 3.05) is 6.61 Å². The molecule has 0 aliphatic carbocycles. The zero-order chi connectivity index (χ0) is 43.8. The molecule has 0 saturated heterocycles. The van der Waals surface area contributed by atoms with Crippen LogP contribution in [-0.2, 0) is 14.3 Å². The van der Waals surface area contributed by atoms with Crippen LogP contribution in [0.25, 0.3) is 0 Å². The van der Waals surface area contributed by atoms with Gasteiger partial charge in [-0.25, -0.2) is 0 Å². The third-order valence-corrected chi connectivity index (χ3v) is 12.0. The van der Waals surface area contributed by atoms with E-state index in [1.54, 1.807) is 0 Å². The van der Waals surface area contributed by atoms with Crippen LogP contribution in [0.15, 0.2) is 36.5 Å². The lowest BCUT2D eigenvalue weighted by molar-refractivity contribution is -0.151. The van der Waals surface area contributed by atoms with E-state index in [0.717, 1.165) is 70.6 Å². The van der Waals surface area contributed by atoms with Gasteiger partial charge in [0.25, 0.3) is 0 Å². The van der Waals surface area contributed by atoms with Gasteiger partial charge in [-0.2, -0.15) is 0 Å². The standard InChI is InChI=1S/C54H101NO5/c1-4-7-10-13-16-19-22-25-26-29-30-33-36-39-42-45-50(60-54(59)47-44-41-38-35-32-28-24-21-18-15-12-9-6-3)48-53(58)55-51(49-56)52(57)46-43-40-37-34-31-27-23-20-17-14-11-8-5-2/h16,19,25-26,30,33,50-52,56-57H,4-15,17-18,20-24,27-29,31-32,34-49H2,1-3H3,(H,55,58)/b19-16-,26-25-,33-30-. The highest BCUT2D eigenvalue weighted by molar-refractivity contribution is 5.77. The van der Waals surface area contributed by atoms with E-state index in [2.05, 4.69) is 62.5 Å². The van der Waals surface area contributed by atoms with E-state index in [1.807, 2.05) is 0 Å². The molecule has 0 aromatic carbocycles. The van der Waals surface area contributed by atoms with Crippen LogP contribution in [0.2, 0.25) is 0 Å². The van der Waals surface area contributed by atoms with E-state index in [0.29, 0.717) is 19.3 Å². The fourth-order valence-corrected chi connectivity index (χ4v) is 7.97. The van der Waals surface area contributed by atoms with Gasteiger partial charge in [0.15, 0.2) is 0 Å². The molecule has 0 saturated carbocycles. The molecule has 0 bridgehead atoms. The van der Waals surface area contributed by atoms with Crippen molar-refractivity contribution >= 4 is 11.9 Å². The number of carbonyl (C=O) groups is 2. The van der Waals surface area contributed by atoms with E-state index in [4.69, 9.17) is 4.74 Å². The van der Waals surface area contributed by atoms with E-state index in [9.17, 15) is 19.8 Å². The molecule has 0 aliphatic rings. The number of ether oxygens (including phenoxy) is 1. The van der Waals surface area contributed by atoms with Crippen molar-refractivity contribution < 1.29 is 24.5 Å². The normalized spacial score (nSPS) is 13.5. The van der Waals surface area contributed by atoms with Crippen LogP contribution in [0, 0.1) is 0 Å². The average Bonchev–Trinajstić information content (AvgIpc) is 3.24. The average molecular weight is 844 g/mol. The SMILES string of the molecule is CCCCC/C=C\C/C=C\C/C=C\CCCCC(CC(=O)NC(CO)C(O)CCCCCCCCCCCCCCC)OC(=O)CCCCCCCCCCCCCCC. The summed E-state index contributed by atoms with van der Waals surface area (Å²) >= 11 is 0. The van der Waals surface area contributed by atoms with Crippen LogP contribution in [0.4, 0.5) is 0 Å². The third kappa shape index (κ3) is 42.8. The first-order valence-electron chi connectivity index (χ1n) is 26.2. The Morgan fingerprint density at radius 2 is 0.850 bits per heavy atom. The Bertz CT molecular complexity index is 993. The molecule has 6 heteroatoms. The number of aliphatic hydroxyl groups excluding tert-OH is 2. The number of nitrogens with one attached hydrogen (secondary N) is 1. The minimum Gasteiger partial charge on any atom is -0.462 e. The number of amides is 1. The van der Waals surface area contributed by atoms with Gasteiger partial charge >= 0.3 is 5.97 Å². The van der Waals surface area contributed by atoms with Crippen LogP contribution < -0.4 is 5.32 Å². The topological polar surface area (TPSA) is 95.9 Å². The molecule has 0 aliphatic heterocycles. The number of allylic oxidation sites excluding steroid dienone is 6. The van der Waals surface area contributed by atoms with Gasteiger partial charge in [-0.05, 0) is 64.2 Å². The van der Waals surface area contributed by atoms with E-state index in [1.165, 1.54) is 154 Å². The molecule has 0 fully saturated rings. The predicted molar refractivity (Wildman–Crippen MR) is 259 cm³/mol. The minimum atomic E-state index is -0.795. The Morgan fingerprint density at radius 1 is 0.483 bits per heavy atom. The van der Waals surface area contributed by atoms with Crippen LogP contribution >= 0.6 is 0 Å². The number of unbranched alkanes of at least 4 members (excludes halogenated alkanes) is 29. The van der Waals surface area contributed by atoms with Crippen molar-refractivity contribution in [2.24, 2.45) is 0 Å². The summed E-state index contributed by atoms with van der Waals surface area (Å²) < 4.78 is 5.92. The van der Waals surface area contributed by atoms with E-state index >= 15 is 0 Å². The van der Waals surface area contributed by atoms with Crippen molar-refractivity contribution in [1.29, 1.82) is 0 Å². The minimum absolute atomic E-state index is 0.0555. The van der Waals surface area contributed by atoms with Gasteiger partial charge in [0.1, 0.15) is 6.10 Å². The second kappa shape index (κ2) is 48.1. The van der Waals surface area contributed by atoms with Gasteiger partial charge in [-0.15, -0.1) is 0 Å². The molecule has 0 aromatic rings. The lowest BCUT2D eigenvalue weighted by Gasteiger charge is -2.24. The Labute approximate surface area is 373 Å². The number of carbonyl (C=O) groups excluding carboxylic acids is 2. The van der Waals surface area contributed by atoms with Gasteiger partial charge < -0.3 is 20.3 Å². The van der Waals surface area contributed by atoms with Gasteiger partial charge in [0.2, 0.25) is 5.91 Å². The summed E-state index contributed by atoms with van der Waals surface area (Å²) in [4.78, 5) is 26.1. The fraction of sp³-hybridized carbons (Fsp3) is 0.852. The van der Waals surface area contributed by atoms with Crippen LogP contribution in [-0.4, -0.2) is 46.9 Å². The van der Waals surface area contributed by atoms with Gasteiger partial charge in [0.05, 0.1) is 25.2 Å². The maximum Gasteiger partial charge on any atom is 0.306 e. The summed E-state index contributed by atoms with van der Waals surface area (Å²) in [5, 5.41) is 23.8. The van der Waals surface area contributed by atoms with E-state index in [-0.39, 0.29) is 24.9 Å². The lowest BCUT2D eigenvalue weighted by Crippen LogP contribution is -2.46. The van der Waals surface area contributed by atoms with Gasteiger partial charge in [0, 0.05) is 6.42 Å². The Hall–Kier alpha value is -1.92. The second-order valence-corrected chi connectivity index (χ2v) is 17.9. The van der Waals surface area contributed by atoms with Crippen molar-refractivity contribution in [3.63, 3.8) is 0 Å². The molecule has 3 N–H and O–H groups in total. The molecule has 0 radical (unpaired) electrons. The molecular formula is C54H101NO5. The smallest absolute Gasteiger partial charge is 0.306 e. The van der Waals surface area contributed by atoms with Crippen LogP contribution in [0.5, 0.6) is 0 Å². The zero-order valence-electron chi connectivity index (χ0n) is 40.1. The highest BCUT2D eigenvalue weighted by Crippen LogP contribution is 2.18. The lowest BCUT2D eigenvalue weighted by atomic mass is 10.0. The summed E-state index contributed by atoms with van der Waals surface area (Å²) in [6.45, 7) is 6.45. The Balaban J connectivity index is 4.63. The first-order chi connectivity index (χ1) is 29.5. The quantitative estimate of drug-likeness (QED) is 0.0322. The number of esters is 1. The number of aliphatic hydroxyl groups is 2. The molecule has 0 aromatic heterocycles. The van der Waals surface area contributed by atoms with E-state index < -0.39 is 18.2 Å². The molecule has 352 valence electrons. The monoisotopic (exact) mass is 844 g/mol. The van der Waals surface area contributed by atoms with Crippen molar-refractivity contribution in [2.45, 2.75) is 289 Å². The molecule has 6 nitrogen and oxygen atoms in total. The summed E-state index contributed by atoms with van der Waals surface area (Å²) in [7, 11) is 0. The summed E-state index contributed by atoms with van der Waals surface area (Å²) in [6.07, 6.45) is 56.3. The van der Waals surface area contributed by atoms with Gasteiger partial charge in [-0.1, -0.05) is 231 Å². The van der Waals surface area contributed by atoms with Crippen LogP contribution in [0.1, 0.15) is 271 Å². The zero-order valence-corrected chi connectivity index (χ0v) is 40.1. The maximum absolute atomic E-state index is 13.2. The van der Waals surface area contributed by atoms with Crippen LogP contribution in [0.3, 0.4) is 0 Å². The first-order valence-corrected chi connectivity index (χ1v) is 26.2. The molecule has 3 unspecified atom stereocenters. The van der Waals surface area contributed by atoms with Crippen molar-refractivity contribution in [3.05, 3.63) is 36.5 Å². The fourth-order valence-electron chi connectivity index (χ4n) is 7.97. The molecular weight excluding hydrogens is 743 g/mol. The highest BCUT2D eigenvalue weighted by Gasteiger charge is 2.24. The summed E-state index contributed by atoms with van der Waals surface area (Å²) in [6, 6.07) is -0.710. The predicted octanol–water partition coefficient (Wildman–Crippen LogP) is 15.7. The Morgan fingerprint density at radius 3 is 1.30 bits per heavy atom. The summed E-state index contributed by atoms with van der Waals surface area (Å²) in [5.41, 5.74) is 0. The number of rotatable bonds is 47. The first kappa shape index (κ1) is 58.1. The number of hydrogen-bond donors (Lipinski definition) is 3. The third-order valence-electron chi connectivity index (χ3n) is 12.0. The molecule has 60 heavy (non-hydrogen) atoms. The van der Waals surface area contributed by atoms with Crippen molar-refractivity contribution in [3.8, 4) is 0 Å². The molecule has 0 rings (SSSR count). The highest BCUT2D eigenvalue weighted by atomic mass is 16.5. The Kier molecular flexibility index (Phi) is 46.6. The number of hydrogen-bond acceptors (Lipinski definition) is 5. The summed E-state index contributed by atoms with van der Waals surface area (Å²) in [5.74, 6) is -0.501. The largest absolute Gasteiger partial charge is 0.462 e. The maximum atomic E-state index is 13.2.